The zero-order valence-corrected chi connectivity index (χ0v) is 7.06. The number of halogens is 8. The monoisotopic (exact) mass is 264 g/mol. The minimum absolute atomic E-state index is 3.80. The van der Waals surface area contributed by atoms with Gasteiger partial charge in [-0.15, -0.1) is 0 Å². The van der Waals surface area contributed by atoms with Crippen LogP contribution in [0.1, 0.15) is 0 Å². The van der Waals surface area contributed by atoms with Crippen molar-refractivity contribution >= 4 is 10.2 Å². The molecule has 0 saturated heterocycles. The van der Waals surface area contributed by atoms with Crippen LogP contribution < -0.4 is 0 Å². The lowest BCUT2D eigenvalue weighted by atomic mass is 10.3. The molecule has 0 unspecified atom stereocenters. The number of allylic oxidation sites excluding steroid dienone is 1. The fourth-order valence-corrected chi connectivity index (χ4v) is 0.697. The fraction of sp³-hybridized carbons (Fsp3) is 0.500. The summed E-state index contributed by atoms with van der Waals surface area (Å²) >= 11 is 0. The van der Waals surface area contributed by atoms with Crippen LogP contribution in [0.2, 0.25) is 0 Å². The van der Waals surface area contributed by atoms with Crippen molar-refractivity contribution in [1.29, 1.82) is 0 Å². The first kappa shape index (κ1) is 14.1. The minimum Gasteiger partial charge on any atom is -0.201 e. The standard InChI is InChI=1S/C4F8O2S/c5-1(2(6)15(12,13)14)3(7,8)4(9,10)11. The van der Waals surface area contributed by atoms with Gasteiger partial charge in [0.1, 0.15) is 0 Å². The molecule has 90 valence electrons. The Labute approximate surface area is 77.4 Å². The van der Waals surface area contributed by atoms with Gasteiger partial charge in [0.15, 0.2) is 0 Å². The van der Waals surface area contributed by atoms with Gasteiger partial charge in [-0.05, 0) is 0 Å². The summed E-state index contributed by atoms with van der Waals surface area (Å²) in [5, 5.41) is -3.80. The Bertz CT molecular complexity index is 376. The molecule has 0 aromatic carbocycles. The van der Waals surface area contributed by atoms with E-state index in [9.17, 15) is 43.0 Å². The number of rotatable bonds is 2. The van der Waals surface area contributed by atoms with Gasteiger partial charge >= 0.3 is 22.3 Å². The van der Waals surface area contributed by atoms with Crippen molar-refractivity contribution in [3.63, 3.8) is 0 Å². The molecule has 0 aliphatic carbocycles. The molecule has 0 fully saturated rings. The van der Waals surface area contributed by atoms with Gasteiger partial charge in [0.2, 0.25) is 5.83 Å². The fourth-order valence-electron chi connectivity index (χ4n) is 0.355. The van der Waals surface area contributed by atoms with Gasteiger partial charge in [-0.25, -0.2) is 4.39 Å². The largest absolute Gasteiger partial charge is 0.460 e. The zero-order chi connectivity index (χ0) is 12.7. The van der Waals surface area contributed by atoms with E-state index < -0.39 is 33.3 Å². The molecule has 0 spiro atoms. The lowest BCUT2D eigenvalue weighted by Crippen LogP contribution is -2.37. The highest BCUT2D eigenvalue weighted by molar-refractivity contribution is 7.90. The maximum Gasteiger partial charge on any atom is 0.460 e. The van der Waals surface area contributed by atoms with Crippen molar-refractivity contribution in [2.75, 3.05) is 0 Å². The summed E-state index contributed by atoms with van der Waals surface area (Å²) in [5.41, 5.74) is 0. The van der Waals surface area contributed by atoms with Crippen LogP contribution in [0.3, 0.4) is 0 Å². The van der Waals surface area contributed by atoms with Crippen LogP contribution in [0.4, 0.5) is 34.6 Å². The van der Waals surface area contributed by atoms with Gasteiger partial charge in [-0.3, -0.25) is 0 Å². The molecule has 0 rings (SSSR count). The second-order valence-corrected chi connectivity index (χ2v) is 3.33. The quantitative estimate of drug-likeness (QED) is 0.567. The average molecular weight is 264 g/mol. The van der Waals surface area contributed by atoms with E-state index in [4.69, 9.17) is 0 Å². The molecule has 15 heavy (non-hydrogen) atoms. The molecular formula is C4F8O2S. The predicted octanol–water partition coefficient (Wildman–Crippen LogP) is 2.59. The van der Waals surface area contributed by atoms with Crippen molar-refractivity contribution in [3.05, 3.63) is 11.0 Å². The molecule has 0 radical (unpaired) electrons. The second kappa shape index (κ2) is 3.61. The highest BCUT2D eigenvalue weighted by atomic mass is 32.3. The molecule has 0 saturated carbocycles. The highest BCUT2D eigenvalue weighted by Crippen LogP contribution is 2.43. The van der Waals surface area contributed by atoms with Gasteiger partial charge in [-0.1, -0.05) is 3.89 Å². The van der Waals surface area contributed by atoms with E-state index in [1.165, 1.54) is 0 Å². The van der Waals surface area contributed by atoms with Crippen LogP contribution in [0.25, 0.3) is 0 Å². The molecule has 0 heterocycles. The second-order valence-electron chi connectivity index (χ2n) is 2.10. The normalized spacial score (nSPS) is 16.3. The van der Waals surface area contributed by atoms with Crippen LogP contribution in [0.15, 0.2) is 11.0 Å². The molecule has 0 N–H and O–H groups in total. The maximum absolute atomic E-state index is 12.0. The first-order chi connectivity index (χ1) is 6.32. The van der Waals surface area contributed by atoms with Crippen molar-refractivity contribution in [2.24, 2.45) is 0 Å². The number of hydrogen-bond donors (Lipinski definition) is 0. The Hall–Kier alpha value is -0.870. The summed E-state index contributed by atoms with van der Waals surface area (Å²) in [6.45, 7) is 0. The maximum atomic E-state index is 12.0. The minimum atomic E-state index is -6.59. The van der Waals surface area contributed by atoms with Gasteiger partial charge < -0.3 is 0 Å². The van der Waals surface area contributed by atoms with Gasteiger partial charge in [0.25, 0.3) is 5.16 Å². The summed E-state index contributed by atoms with van der Waals surface area (Å²) in [7, 11) is -6.59. The van der Waals surface area contributed by atoms with Gasteiger partial charge in [0.05, 0.1) is 0 Å². The first-order valence-electron chi connectivity index (χ1n) is 2.76. The third-order valence-corrected chi connectivity index (χ3v) is 1.63. The van der Waals surface area contributed by atoms with E-state index in [2.05, 4.69) is 0 Å². The molecule has 2 nitrogen and oxygen atoms in total. The number of alkyl halides is 5. The van der Waals surface area contributed by atoms with Gasteiger partial charge in [-0.2, -0.15) is 34.8 Å². The number of hydrogen-bond acceptors (Lipinski definition) is 2. The third kappa shape index (κ3) is 2.79. The Morgan fingerprint density at radius 3 is 1.47 bits per heavy atom. The van der Waals surface area contributed by atoms with Crippen LogP contribution in [0.5, 0.6) is 0 Å². The molecule has 0 aromatic rings. The van der Waals surface area contributed by atoms with E-state index in [0.717, 1.165) is 0 Å². The average Bonchev–Trinajstić information content (AvgIpc) is 1.97. The van der Waals surface area contributed by atoms with Crippen LogP contribution in [-0.2, 0) is 10.2 Å². The Morgan fingerprint density at radius 2 is 1.27 bits per heavy atom. The van der Waals surface area contributed by atoms with Crippen molar-refractivity contribution in [2.45, 2.75) is 12.1 Å². The molecular weight excluding hydrogens is 264 g/mol. The summed E-state index contributed by atoms with van der Waals surface area (Å²) in [6, 6.07) is 0. The van der Waals surface area contributed by atoms with Crippen molar-refractivity contribution in [3.8, 4) is 0 Å². The van der Waals surface area contributed by atoms with Crippen molar-refractivity contribution in [1.82, 2.24) is 0 Å². The summed E-state index contributed by atoms with van der Waals surface area (Å²) in [4.78, 5) is 0. The van der Waals surface area contributed by atoms with E-state index in [-0.39, 0.29) is 0 Å². The first-order valence-corrected chi connectivity index (χ1v) is 4.15. The van der Waals surface area contributed by atoms with Crippen LogP contribution >= 0.6 is 0 Å². The molecule has 11 heteroatoms. The topological polar surface area (TPSA) is 34.1 Å². The van der Waals surface area contributed by atoms with Crippen LogP contribution in [0, 0.1) is 0 Å². The van der Waals surface area contributed by atoms with E-state index in [1.807, 2.05) is 0 Å². The molecule has 0 aromatic heterocycles. The smallest absolute Gasteiger partial charge is 0.201 e. The van der Waals surface area contributed by atoms with Crippen molar-refractivity contribution < 1.29 is 43.0 Å². The van der Waals surface area contributed by atoms with E-state index in [1.54, 1.807) is 0 Å². The Kier molecular flexibility index (Phi) is 3.40. The Morgan fingerprint density at radius 1 is 0.933 bits per heavy atom. The summed E-state index contributed by atoms with van der Waals surface area (Å²) in [5.74, 6) is -10.5. The molecule has 0 atom stereocenters. The SMILES string of the molecule is O=S(=O)(F)C(F)=C(F)C(F)(F)C(F)(F)F. The molecule has 0 aliphatic rings. The lowest BCUT2D eigenvalue weighted by Gasteiger charge is -2.17. The summed E-state index contributed by atoms with van der Waals surface area (Å²) < 4.78 is 112. The van der Waals surface area contributed by atoms with Crippen LogP contribution in [-0.4, -0.2) is 20.5 Å². The molecule has 0 amide bonds. The molecule has 0 aliphatic heterocycles. The predicted molar refractivity (Wildman–Crippen MR) is 30.3 cm³/mol. The lowest BCUT2D eigenvalue weighted by molar-refractivity contribution is -0.271. The Balaban J connectivity index is 5.65. The van der Waals surface area contributed by atoms with Gasteiger partial charge in [0, 0.05) is 0 Å². The van der Waals surface area contributed by atoms with E-state index >= 15 is 0 Å². The highest BCUT2D eigenvalue weighted by Gasteiger charge is 2.63. The molecule has 0 bridgehead atoms. The summed E-state index contributed by atoms with van der Waals surface area (Å²) in [6.07, 6.45) is -6.57. The third-order valence-electron chi connectivity index (χ3n) is 1.02. The zero-order valence-electron chi connectivity index (χ0n) is 6.25. The van der Waals surface area contributed by atoms with E-state index in [0.29, 0.717) is 0 Å².